The van der Waals surface area contributed by atoms with Gasteiger partial charge in [-0.1, -0.05) is 25.9 Å². The van der Waals surface area contributed by atoms with Gasteiger partial charge in [0.15, 0.2) is 17.1 Å². The summed E-state index contributed by atoms with van der Waals surface area (Å²) in [6, 6.07) is 6.87. The number of nitrogens with one attached hydrogen (secondary N) is 1. The summed E-state index contributed by atoms with van der Waals surface area (Å²) >= 11 is 0. The van der Waals surface area contributed by atoms with Crippen LogP contribution in [0.5, 0.6) is 5.88 Å². The summed E-state index contributed by atoms with van der Waals surface area (Å²) in [5.74, 6) is 0.832. The number of carbonyl (C=O) groups excluding carboxylic acids is 1. The molecule has 0 aromatic carbocycles. The molecule has 1 amide bonds. The monoisotopic (exact) mass is 481 g/mol. The third-order valence-corrected chi connectivity index (χ3v) is 5.15. The van der Waals surface area contributed by atoms with Crippen LogP contribution in [0.3, 0.4) is 0 Å². The molecule has 0 spiro atoms. The minimum absolute atomic E-state index is 0.142. The first kappa shape index (κ1) is 24.2. The molecule has 0 aliphatic heterocycles. The number of methoxy groups -OCH3 is 1. The standard InChI is InChI=1S/C23H27N7O5/c1-23(2,3)17-10-19-26-27-20(18-9-16(12-31)35-29-18)30(19)28-22(17)34-13-15-6-5-14(11-25-15)21(32)24-7-8-33-4/h5-6,9-11,31H,7-8,12-13H2,1-4H3,(H,24,32). The van der Waals surface area contributed by atoms with Crippen molar-refractivity contribution in [3.8, 4) is 17.4 Å². The Morgan fingerprint density at radius 1 is 1.23 bits per heavy atom. The zero-order valence-electron chi connectivity index (χ0n) is 20.0. The number of ether oxygens (including phenoxy) is 2. The van der Waals surface area contributed by atoms with Crippen molar-refractivity contribution >= 4 is 11.6 Å². The molecule has 0 saturated heterocycles. The molecule has 12 heteroatoms. The molecule has 184 valence electrons. The molecule has 4 aromatic rings. The van der Waals surface area contributed by atoms with Crippen LogP contribution in [0.15, 0.2) is 35.0 Å². The van der Waals surface area contributed by atoms with Gasteiger partial charge in [0.1, 0.15) is 13.2 Å². The summed E-state index contributed by atoms with van der Waals surface area (Å²) in [4.78, 5) is 16.5. The maximum atomic E-state index is 12.1. The lowest BCUT2D eigenvalue weighted by Crippen LogP contribution is -2.27. The largest absolute Gasteiger partial charge is 0.470 e. The first-order valence-electron chi connectivity index (χ1n) is 11.0. The van der Waals surface area contributed by atoms with Gasteiger partial charge in [0.05, 0.1) is 17.9 Å². The van der Waals surface area contributed by atoms with Gasteiger partial charge >= 0.3 is 0 Å². The van der Waals surface area contributed by atoms with Crippen LogP contribution in [0.4, 0.5) is 0 Å². The van der Waals surface area contributed by atoms with Crippen LogP contribution in [0.25, 0.3) is 17.2 Å². The number of aliphatic hydroxyl groups excluding tert-OH is 1. The van der Waals surface area contributed by atoms with Crippen LogP contribution in [0.1, 0.15) is 48.1 Å². The molecule has 0 aliphatic carbocycles. The number of pyridine rings is 1. The summed E-state index contributed by atoms with van der Waals surface area (Å²) in [6.07, 6.45) is 1.50. The molecular formula is C23H27N7O5. The van der Waals surface area contributed by atoms with Gasteiger partial charge in [-0.3, -0.25) is 9.78 Å². The Hall–Kier alpha value is -3.90. The number of amides is 1. The lowest BCUT2D eigenvalue weighted by atomic mass is 9.88. The fraction of sp³-hybridized carbons (Fsp3) is 0.391. The molecule has 4 rings (SSSR count). The SMILES string of the molecule is COCCNC(=O)c1ccc(COc2nn3c(-c4cc(CO)on4)nnc3cc2C(C)(C)C)nc1. The summed E-state index contributed by atoms with van der Waals surface area (Å²) in [5.41, 5.74) is 2.55. The van der Waals surface area contributed by atoms with E-state index >= 15 is 0 Å². The van der Waals surface area contributed by atoms with Gasteiger partial charge in [0.2, 0.25) is 11.7 Å². The maximum Gasteiger partial charge on any atom is 0.252 e. The van der Waals surface area contributed by atoms with E-state index in [0.717, 1.165) is 5.56 Å². The lowest BCUT2D eigenvalue weighted by Gasteiger charge is -2.21. The van der Waals surface area contributed by atoms with Gasteiger partial charge in [0.25, 0.3) is 5.91 Å². The quantitative estimate of drug-likeness (QED) is 0.339. The molecule has 0 fully saturated rings. The van der Waals surface area contributed by atoms with Gasteiger partial charge in [-0.2, -0.15) is 4.52 Å². The number of hydrogen-bond donors (Lipinski definition) is 2. The number of rotatable bonds is 9. The third kappa shape index (κ3) is 5.44. The highest BCUT2D eigenvalue weighted by Crippen LogP contribution is 2.32. The van der Waals surface area contributed by atoms with Gasteiger partial charge in [-0.15, -0.1) is 15.3 Å². The van der Waals surface area contributed by atoms with Gasteiger partial charge < -0.3 is 24.4 Å². The predicted molar refractivity (Wildman–Crippen MR) is 124 cm³/mol. The second-order valence-electron chi connectivity index (χ2n) is 8.82. The van der Waals surface area contributed by atoms with Crippen LogP contribution in [-0.2, 0) is 23.4 Å². The fourth-order valence-electron chi connectivity index (χ4n) is 3.27. The summed E-state index contributed by atoms with van der Waals surface area (Å²) in [7, 11) is 1.58. The van der Waals surface area contributed by atoms with Crippen molar-refractivity contribution < 1.29 is 23.9 Å². The fourth-order valence-corrected chi connectivity index (χ4v) is 3.27. The van der Waals surface area contributed by atoms with E-state index in [1.807, 2.05) is 26.8 Å². The van der Waals surface area contributed by atoms with Gasteiger partial charge in [-0.25, -0.2) is 0 Å². The Bertz CT molecular complexity index is 1310. The average Bonchev–Trinajstić information content (AvgIpc) is 3.48. The molecule has 0 radical (unpaired) electrons. The maximum absolute atomic E-state index is 12.1. The summed E-state index contributed by atoms with van der Waals surface area (Å²) in [6.45, 7) is 6.86. The van der Waals surface area contributed by atoms with E-state index in [2.05, 4.69) is 30.8 Å². The normalized spacial score (nSPS) is 11.7. The summed E-state index contributed by atoms with van der Waals surface area (Å²) in [5, 5.41) is 29.0. The summed E-state index contributed by atoms with van der Waals surface area (Å²) < 4.78 is 17.6. The first-order valence-corrected chi connectivity index (χ1v) is 11.0. The van der Waals surface area contributed by atoms with Crippen LogP contribution in [0, 0.1) is 0 Å². The van der Waals surface area contributed by atoms with Crippen molar-refractivity contribution in [2.45, 2.75) is 39.4 Å². The Morgan fingerprint density at radius 3 is 2.71 bits per heavy atom. The molecule has 0 atom stereocenters. The number of nitrogens with zero attached hydrogens (tertiary/aromatic N) is 6. The number of carbonyl (C=O) groups is 1. The molecule has 2 N–H and O–H groups in total. The molecule has 0 unspecified atom stereocenters. The van der Waals surface area contributed by atoms with Gasteiger partial charge in [0, 0.05) is 31.5 Å². The highest BCUT2D eigenvalue weighted by atomic mass is 16.5. The zero-order valence-corrected chi connectivity index (χ0v) is 20.0. The number of fused-ring (bicyclic) bond motifs is 1. The van der Waals surface area contributed by atoms with Crippen LogP contribution in [-0.4, -0.2) is 61.2 Å². The minimum atomic E-state index is -0.286. The molecule has 4 aromatic heterocycles. The average molecular weight is 482 g/mol. The number of aromatic nitrogens is 6. The van der Waals surface area contributed by atoms with Crippen LogP contribution in [0.2, 0.25) is 0 Å². The third-order valence-electron chi connectivity index (χ3n) is 5.15. The molecule has 12 nitrogen and oxygen atoms in total. The first-order chi connectivity index (χ1) is 16.8. The van der Waals surface area contributed by atoms with E-state index in [9.17, 15) is 9.90 Å². The van der Waals surface area contributed by atoms with Crippen molar-refractivity contribution in [2.24, 2.45) is 0 Å². The minimum Gasteiger partial charge on any atom is -0.470 e. The smallest absolute Gasteiger partial charge is 0.252 e. The second-order valence-corrected chi connectivity index (χ2v) is 8.82. The van der Waals surface area contributed by atoms with E-state index in [1.165, 1.54) is 10.7 Å². The van der Waals surface area contributed by atoms with E-state index in [1.54, 1.807) is 25.3 Å². The van der Waals surface area contributed by atoms with Crippen LogP contribution >= 0.6 is 0 Å². The van der Waals surface area contributed by atoms with E-state index < -0.39 is 0 Å². The molecule has 0 bridgehead atoms. The molecule has 0 saturated carbocycles. The predicted octanol–water partition coefficient (Wildman–Crippen LogP) is 1.92. The number of hydrogen-bond acceptors (Lipinski definition) is 10. The van der Waals surface area contributed by atoms with Crippen molar-refractivity contribution in [1.82, 2.24) is 35.3 Å². The highest BCUT2D eigenvalue weighted by molar-refractivity contribution is 5.93. The Morgan fingerprint density at radius 2 is 2.06 bits per heavy atom. The zero-order chi connectivity index (χ0) is 25.0. The topological polar surface area (TPSA) is 150 Å². The molecule has 35 heavy (non-hydrogen) atoms. The Kier molecular flexibility index (Phi) is 7.03. The van der Waals surface area contributed by atoms with E-state index in [0.29, 0.717) is 53.2 Å². The lowest BCUT2D eigenvalue weighted by molar-refractivity contribution is 0.0936. The van der Waals surface area contributed by atoms with Crippen LogP contribution < -0.4 is 10.1 Å². The van der Waals surface area contributed by atoms with E-state index in [4.69, 9.17) is 14.0 Å². The Labute approximate surface area is 201 Å². The van der Waals surface area contributed by atoms with Crippen molar-refractivity contribution in [1.29, 1.82) is 0 Å². The van der Waals surface area contributed by atoms with E-state index in [-0.39, 0.29) is 24.5 Å². The molecule has 0 aliphatic rings. The van der Waals surface area contributed by atoms with Crippen molar-refractivity contribution in [3.05, 3.63) is 53.0 Å². The van der Waals surface area contributed by atoms with Crippen molar-refractivity contribution in [3.63, 3.8) is 0 Å². The molecular weight excluding hydrogens is 454 g/mol. The second kappa shape index (κ2) is 10.2. The molecule has 4 heterocycles. The van der Waals surface area contributed by atoms with Gasteiger partial charge in [-0.05, 0) is 23.6 Å². The van der Waals surface area contributed by atoms with Crippen molar-refractivity contribution in [2.75, 3.05) is 20.3 Å². The Balaban J connectivity index is 1.57. The highest BCUT2D eigenvalue weighted by Gasteiger charge is 2.24. The number of aliphatic hydroxyl groups is 1.